The number of carbonyl (C=O) groups excluding carboxylic acids is 7. The number of carbonyl (C=O) groups is 7. The van der Waals surface area contributed by atoms with Gasteiger partial charge in [0.15, 0.2) is 5.72 Å². The summed E-state index contributed by atoms with van der Waals surface area (Å²) in [6.45, 7) is 8.79. The average molecular weight is 968 g/mol. The number of hydrogen-bond donors (Lipinski definition) is 2. The van der Waals surface area contributed by atoms with Crippen LogP contribution in [0.5, 0.6) is 5.75 Å². The summed E-state index contributed by atoms with van der Waals surface area (Å²) in [5.74, 6) is -3.22. The maximum absolute atomic E-state index is 14.3. The molecular formula is C44H59ClN4O14S2. The Balaban J connectivity index is 1.29. The van der Waals surface area contributed by atoms with Gasteiger partial charge in [0.2, 0.25) is 11.8 Å². The number of amides is 5. The minimum atomic E-state index is -1.86. The van der Waals surface area contributed by atoms with Gasteiger partial charge in [0.1, 0.15) is 40.7 Å². The van der Waals surface area contributed by atoms with Gasteiger partial charge in [-0.05, 0) is 51.3 Å². The van der Waals surface area contributed by atoms with Crippen molar-refractivity contribution < 1.29 is 67.2 Å². The topological polar surface area (TPSA) is 220 Å². The second-order valence-corrected chi connectivity index (χ2v) is 20.3. The van der Waals surface area contributed by atoms with Crippen molar-refractivity contribution in [2.45, 2.75) is 133 Å². The van der Waals surface area contributed by atoms with Gasteiger partial charge in [-0.3, -0.25) is 24.5 Å². The molecule has 1 aromatic carbocycles. The second-order valence-electron chi connectivity index (χ2n) is 17.0. The number of ether oxygens (including phenoxy) is 5. The highest BCUT2D eigenvalue weighted by Gasteiger charge is 2.64. The number of likely N-dealkylation sites (N-methyl/N-ethyl adjacent to an activating group) is 1. The number of methoxy groups -OCH3 is 2. The van der Waals surface area contributed by atoms with Crippen LogP contribution < -0.4 is 15.0 Å². The van der Waals surface area contributed by atoms with E-state index in [1.165, 1.54) is 59.6 Å². The monoisotopic (exact) mass is 966 g/mol. The van der Waals surface area contributed by atoms with Crippen molar-refractivity contribution in [3.8, 4) is 5.75 Å². The molecule has 5 rings (SSSR count). The summed E-state index contributed by atoms with van der Waals surface area (Å²) >= 11 is 6.79. The maximum Gasteiger partial charge on any atom is 0.409 e. The first kappa shape index (κ1) is 51.6. The molecule has 4 heterocycles. The number of imide groups is 1. The smallest absolute Gasteiger partial charge is 0.409 e. The van der Waals surface area contributed by atoms with Gasteiger partial charge < -0.3 is 43.4 Å². The predicted molar refractivity (Wildman–Crippen MR) is 241 cm³/mol. The molecule has 0 saturated carbocycles. The lowest BCUT2D eigenvalue weighted by molar-refractivity contribution is -0.197. The molecular weight excluding hydrogens is 908 g/mol. The van der Waals surface area contributed by atoms with E-state index in [1.54, 1.807) is 45.2 Å². The van der Waals surface area contributed by atoms with Crippen LogP contribution in [0.1, 0.15) is 85.1 Å². The Morgan fingerprint density at radius 1 is 1.09 bits per heavy atom. The Morgan fingerprint density at radius 2 is 1.78 bits per heavy atom. The molecule has 65 heavy (non-hydrogen) atoms. The summed E-state index contributed by atoms with van der Waals surface area (Å²) in [5.41, 5.74) is -1.10. The van der Waals surface area contributed by atoms with Crippen molar-refractivity contribution in [3.05, 3.63) is 46.5 Å². The molecule has 4 aliphatic heterocycles. The van der Waals surface area contributed by atoms with Crippen molar-refractivity contribution in [2.75, 3.05) is 39.0 Å². The quantitative estimate of drug-likeness (QED) is 0.0818. The standard InChI is InChI=1S/C44H59ClN4O14S2/c1-24-11-10-12-32(59-9)44(57)23-31(60-42(56)46-44)26(3)40-43(5,62-40)33(22-37(53)48(7)29-20-28(19-24)21-30(58-8)39(29)45)61-41(55)27(4)47(6)34(50)17-18-64-65-25(2)13-16-38(54)63-49-35(51)14-15-36(49)52/h10-12,20-21,25-27,31-33,40,57H,13-19,22-23H2,1-9H3,(H,46,56)/b12-10-,24-11-/t25?,26-,27+,31+,32-,33+,40+,43+,44+/m1/s1. The summed E-state index contributed by atoms with van der Waals surface area (Å²) < 4.78 is 29.3. The first-order valence-corrected chi connectivity index (χ1v) is 24.1. The number of fused-ring (bicyclic) bond motifs is 5. The maximum atomic E-state index is 14.3. The minimum Gasteiger partial charge on any atom is -0.495 e. The summed E-state index contributed by atoms with van der Waals surface area (Å²) in [6, 6.07) is 2.47. The van der Waals surface area contributed by atoms with Crippen molar-refractivity contribution in [1.82, 2.24) is 15.3 Å². The molecule has 9 atom stereocenters. The largest absolute Gasteiger partial charge is 0.495 e. The predicted octanol–water partition coefficient (Wildman–Crippen LogP) is 5.06. The number of hydroxylamine groups is 2. The molecule has 0 spiro atoms. The van der Waals surface area contributed by atoms with Gasteiger partial charge in [-0.25, -0.2) is 14.4 Å². The fourth-order valence-corrected chi connectivity index (χ4v) is 10.5. The number of nitrogens with one attached hydrogen (secondary N) is 1. The van der Waals surface area contributed by atoms with Crippen LogP contribution in [0.15, 0.2) is 35.9 Å². The molecule has 4 aliphatic rings. The van der Waals surface area contributed by atoms with Gasteiger partial charge in [-0.1, -0.05) is 70.8 Å². The van der Waals surface area contributed by atoms with E-state index in [-0.39, 0.29) is 54.7 Å². The molecule has 358 valence electrons. The second kappa shape index (κ2) is 22.0. The lowest BCUT2D eigenvalue weighted by Crippen LogP contribution is -2.63. The first-order valence-electron chi connectivity index (χ1n) is 21.3. The molecule has 1 unspecified atom stereocenters. The van der Waals surface area contributed by atoms with E-state index in [0.717, 1.165) is 11.1 Å². The number of anilines is 1. The van der Waals surface area contributed by atoms with Gasteiger partial charge in [0.25, 0.3) is 11.8 Å². The number of rotatable bonds is 14. The van der Waals surface area contributed by atoms with Crippen molar-refractivity contribution in [1.29, 1.82) is 0 Å². The van der Waals surface area contributed by atoms with Gasteiger partial charge in [-0.2, -0.15) is 0 Å². The minimum absolute atomic E-state index is 0.00554. The fourth-order valence-electron chi connectivity index (χ4n) is 7.86. The van der Waals surface area contributed by atoms with E-state index in [1.807, 2.05) is 19.9 Å². The highest BCUT2D eigenvalue weighted by Crippen LogP contribution is 2.49. The molecule has 3 fully saturated rings. The molecule has 0 radical (unpaired) electrons. The number of aliphatic hydroxyl groups is 1. The van der Waals surface area contributed by atoms with E-state index < -0.39 is 83.5 Å². The highest BCUT2D eigenvalue weighted by molar-refractivity contribution is 8.76. The number of alkyl carbamates (subject to hydrolysis) is 1. The van der Waals surface area contributed by atoms with E-state index in [4.69, 9.17) is 40.1 Å². The molecule has 1 aromatic rings. The van der Waals surface area contributed by atoms with Crippen LogP contribution in [0.3, 0.4) is 0 Å². The zero-order chi connectivity index (χ0) is 48.0. The van der Waals surface area contributed by atoms with Gasteiger partial charge in [-0.15, -0.1) is 5.06 Å². The Bertz CT molecular complexity index is 2060. The molecule has 3 saturated heterocycles. The third-order valence-corrected chi connectivity index (χ3v) is 15.5. The molecule has 0 aromatic heterocycles. The van der Waals surface area contributed by atoms with Crippen LogP contribution in [0.4, 0.5) is 10.5 Å². The number of halogens is 1. The van der Waals surface area contributed by atoms with Crippen LogP contribution in [0, 0.1) is 5.92 Å². The van der Waals surface area contributed by atoms with Crippen molar-refractivity contribution in [2.24, 2.45) is 5.92 Å². The normalized spacial score (nSPS) is 29.3. The number of hydrogen-bond acceptors (Lipinski definition) is 16. The van der Waals surface area contributed by atoms with Gasteiger partial charge >= 0.3 is 18.0 Å². The van der Waals surface area contributed by atoms with Crippen LogP contribution in [-0.4, -0.2) is 138 Å². The Hall–Kier alpha value is -4.34. The number of esters is 1. The number of nitrogens with zero attached hydrogens (tertiary/aromatic N) is 3. The Morgan fingerprint density at radius 3 is 2.45 bits per heavy atom. The molecule has 5 amide bonds. The Labute approximate surface area is 391 Å². The van der Waals surface area contributed by atoms with Crippen LogP contribution in [0.2, 0.25) is 5.02 Å². The molecule has 0 aliphatic carbocycles. The van der Waals surface area contributed by atoms with Crippen LogP contribution >= 0.6 is 33.2 Å². The summed E-state index contributed by atoms with van der Waals surface area (Å²) in [7, 11) is 8.79. The van der Waals surface area contributed by atoms with Crippen LogP contribution in [0.25, 0.3) is 0 Å². The number of allylic oxidation sites excluding steroid dienone is 3. The van der Waals surface area contributed by atoms with Gasteiger partial charge in [0, 0.05) is 70.2 Å². The first-order chi connectivity index (χ1) is 30.6. The molecule has 4 bridgehead atoms. The zero-order valence-corrected chi connectivity index (χ0v) is 40.5. The van der Waals surface area contributed by atoms with E-state index in [0.29, 0.717) is 35.1 Å². The third kappa shape index (κ3) is 12.6. The SMILES string of the molecule is COc1cc2cc(c1Cl)N(C)C(=O)C[C@H](OC(=O)[C@H](C)N(C)C(=O)CCSSC(C)CCC(=O)ON1C(=O)CCC1=O)[C@]1(C)O[C@H]1[C@H](C)[C@@H]1C[C@@](O)(NC(=O)O1)[C@H](OC)/C=C\C=C(\C)C2. The third-order valence-electron chi connectivity index (χ3n) is 12.1. The lowest BCUT2D eigenvalue weighted by atomic mass is 9.83. The van der Waals surface area contributed by atoms with Crippen molar-refractivity contribution >= 4 is 80.5 Å². The summed E-state index contributed by atoms with van der Waals surface area (Å²) in [6.07, 6.45) is 1.05. The fraction of sp³-hybridized carbons (Fsp3) is 0.614. The van der Waals surface area contributed by atoms with E-state index >= 15 is 0 Å². The lowest BCUT2D eigenvalue weighted by Gasteiger charge is -2.42. The van der Waals surface area contributed by atoms with Crippen LogP contribution in [-0.2, 0) is 59.0 Å². The number of benzene rings is 1. The van der Waals surface area contributed by atoms with Crippen molar-refractivity contribution in [3.63, 3.8) is 0 Å². The van der Waals surface area contributed by atoms with E-state index in [9.17, 15) is 38.7 Å². The number of epoxide rings is 1. The average Bonchev–Trinajstić information content (AvgIpc) is 3.87. The molecule has 21 heteroatoms. The summed E-state index contributed by atoms with van der Waals surface area (Å²) in [4.78, 5) is 97.7. The zero-order valence-electron chi connectivity index (χ0n) is 38.1. The Kier molecular flexibility index (Phi) is 17.5. The summed E-state index contributed by atoms with van der Waals surface area (Å²) in [5, 5.41) is 15.0. The van der Waals surface area contributed by atoms with Gasteiger partial charge in [0.05, 0.1) is 25.3 Å². The molecule has 2 N–H and O–H groups in total. The highest BCUT2D eigenvalue weighted by atomic mass is 35.5. The van der Waals surface area contributed by atoms with E-state index in [2.05, 4.69) is 5.32 Å². The molecule has 18 nitrogen and oxygen atoms in total.